The van der Waals surface area contributed by atoms with Gasteiger partial charge in [-0.15, -0.1) is 0 Å². The fraction of sp³-hybridized carbons (Fsp3) is 0.160. The van der Waals surface area contributed by atoms with Crippen molar-refractivity contribution in [2.45, 2.75) is 26.8 Å². The molecule has 0 aliphatic carbocycles. The van der Waals surface area contributed by atoms with Gasteiger partial charge in [0.1, 0.15) is 11.8 Å². The molecule has 1 amide bonds. The lowest BCUT2D eigenvalue weighted by Gasteiger charge is -2.26. The highest BCUT2D eigenvalue weighted by atomic mass is 16.3. The van der Waals surface area contributed by atoms with E-state index in [0.717, 1.165) is 16.7 Å². The van der Waals surface area contributed by atoms with Crippen LogP contribution in [0.1, 0.15) is 34.0 Å². The zero-order chi connectivity index (χ0) is 21.4. The Morgan fingerprint density at radius 2 is 1.67 bits per heavy atom. The van der Waals surface area contributed by atoms with Gasteiger partial charge in [-0.25, -0.2) is 0 Å². The van der Waals surface area contributed by atoms with Gasteiger partial charge in [-0.2, -0.15) is 0 Å². The van der Waals surface area contributed by atoms with Crippen LogP contribution in [0.15, 0.2) is 72.4 Å². The number of carbonyl (C=O) groups is 2. The minimum absolute atomic E-state index is 0.0515. The van der Waals surface area contributed by atoms with E-state index in [1.807, 2.05) is 57.2 Å². The van der Waals surface area contributed by atoms with Gasteiger partial charge < -0.3 is 5.11 Å². The summed E-state index contributed by atoms with van der Waals surface area (Å²) < 4.78 is 0. The third-order valence-corrected chi connectivity index (χ3v) is 5.44. The Bertz CT molecular complexity index is 1180. The summed E-state index contributed by atoms with van der Waals surface area (Å²) in [5, 5.41) is 11.2. The van der Waals surface area contributed by atoms with E-state index in [9.17, 15) is 14.7 Å². The number of hydrogen-bond donors (Lipinski definition) is 1. The highest BCUT2D eigenvalue weighted by molar-refractivity contribution is 6.51. The molecule has 1 saturated heterocycles. The largest absolute Gasteiger partial charge is 0.507 e. The minimum Gasteiger partial charge on any atom is -0.507 e. The van der Waals surface area contributed by atoms with Gasteiger partial charge in [-0.05, 0) is 56.2 Å². The second-order valence-corrected chi connectivity index (χ2v) is 7.53. The molecule has 3 aromatic rings. The van der Waals surface area contributed by atoms with Crippen molar-refractivity contribution < 1.29 is 14.7 Å². The predicted molar refractivity (Wildman–Crippen MR) is 116 cm³/mol. The second-order valence-electron chi connectivity index (χ2n) is 7.53. The van der Waals surface area contributed by atoms with Gasteiger partial charge in [0.05, 0.1) is 11.3 Å². The molecule has 1 aliphatic rings. The first-order valence-electron chi connectivity index (χ1n) is 9.75. The van der Waals surface area contributed by atoms with Crippen molar-refractivity contribution in [3.8, 4) is 0 Å². The van der Waals surface area contributed by atoms with Crippen LogP contribution in [0.3, 0.4) is 0 Å². The number of anilines is 1. The number of aliphatic hydroxyl groups is 1. The van der Waals surface area contributed by atoms with E-state index in [2.05, 4.69) is 4.98 Å². The highest BCUT2D eigenvalue weighted by Gasteiger charge is 2.48. The van der Waals surface area contributed by atoms with Gasteiger partial charge in [0.25, 0.3) is 11.7 Å². The van der Waals surface area contributed by atoms with Crippen molar-refractivity contribution in [1.29, 1.82) is 0 Å². The molecule has 2 heterocycles. The number of aryl methyl sites for hydroxylation is 3. The van der Waals surface area contributed by atoms with E-state index < -0.39 is 17.7 Å². The van der Waals surface area contributed by atoms with Crippen molar-refractivity contribution in [3.63, 3.8) is 0 Å². The molecule has 1 unspecified atom stereocenters. The standard InChI is InChI=1S/C25H22N2O3/c1-15-11-12-16(2)18(14-15)23(28)21-22(19-9-6-7-13-26-19)27(25(30)24(21)29)20-10-5-4-8-17(20)3/h4-14,22,28H,1-3H3/b23-21+. The van der Waals surface area contributed by atoms with Gasteiger partial charge in [0, 0.05) is 17.4 Å². The number of aromatic nitrogens is 1. The Labute approximate surface area is 175 Å². The first kappa shape index (κ1) is 19.6. The SMILES string of the molecule is Cc1ccc(C)c(/C(O)=C2\C(=O)C(=O)N(c3ccccc3C)C2c2ccccn2)c1. The normalized spacial score (nSPS) is 18.1. The van der Waals surface area contributed by atoms with Crippen LogP contribution in [0.5, 0.6) is 0 Å². The van der Waals surface area contributed by atoms with Gasteiger partial charge in [-0.3, -0.25) is 19.5 Å². The quantitative estimate of drug-likeness (QED) is 0.397. The van der Waals surface area contributed by atoms with Crippen LogP contribution in [0.4, 0.5) is 5.69 Å². The smallest absolute Gasteiger partial charge is 0.300 e. The minimum atomic E-state index is -0.813. The number of amides is 1. The van der Waals surface area contributed by atoms with Crippen LogP contribution in [0.2, 0.25) is 0 Å². The zero-order valence-corrected chi connectivity index (χ0v) is 17.1. The van der Waals surface area contributed by atoms with Crippen LogP contribution in [-0.2, 0) is 9.59 Å². The Morgan fingerprint density at radius 1 is 0.933 bits per heavy atom. The Kier molecular flexibility index (Phi) is 4.96. The van der Waals surface area contributed by atoms with Crippen LogP contribution in [0.25, 0.3) is 5.76 Å². The molecule has 0 saturated carbocycles. The topological polar surface area (TPSA) is 70.5 Å². The number of para-hydroxylation sites is 1. The molecule has 4 rings (SSSR count). The Balaban J connectivity index is 2.00. The molecule has 150 valence electrons. The molecule has 0 bridgehead atoms. The summed E-state index contributed by atoms with van der Waals surface area (Å²) in [6.45, 7) is 5.66. The fourth-order valence-corrected chi connectivity index (χ4v) is 3.87. The van der Waals surface area contributed by atoms with Crippen molar-refractivity contribution in [2.24, 2.45) is 0 Å². The van der Waals surface area contributed by atoms with E-state index in [1.54, 1.807) is 30.5 Å². The maximum atomic E-state index is 13.2. The predicted octanol–water partition coefficient (Wildman–Crippen LogP) is 4.63. The lowest BCUT2D eigenvalue weighted by molar-refractivity contribution is -0.132. The first-order valence-corrected chi connectivity index (χ1v) is 9.75. The molecule has 2 aromatic carbocycles. The van der Waals surface area contributed by atoms with Crippen molar-refractivity contribution in [3.05, 3.63) is 100 Å². The maximum Gasteiger partial charge on any atom is 0.300 e. The molecular weight excluding hydrogens is 376 g/mol. The van der Waals surface area contributed by atoms with Crippen LogP contribution in [-0.4, -0.2) is 21.8 Å². The number of ketones is 1. The van der Waals surface area contributed by atoms with Crippen LogP contribution >= 0.6 is 0 Å². The molecule has 0 spiro atoms. The molecule has 1 atom stereocenters. The summed E-state index contributed by atoms with van der Waals surface area (Å²) >= 11 is 0. The zero-order valence-electron chi connectivity index (χ0n) is 17.1. The summed E-state index contributed by atoms with van der Waals surface area (Å²) in [4.78, 5) is 32.2. The number of carbonyl (C=O) groups excluding carboxylic acids is 2. The van der Waals surface area contributed by atoms with Crippen molar-refractivity contribution >= 4 is 23.1 Å². The van der Waals surface area contributed by atoms with Gasteiger partial charge in [0.2, 0.25) is 0 Å². The third kappa shape index (κ3) is 3.18. The summed E-state index contributed by atoms with van der Waals surface area (Å²) in [6, 6.07) is 17.6. The number of nitrogens with zero attached hydrogens (tertiary/aromatic N) is 2. The van der Waals surface area contributed by atoms with E-state index in [4.69, 9.17) is 0 Å². The average Bonchev–Trinajstić information content (AvgIpc) is 3.01. The molecule has 5 nitrogen and oxygen atoms in total. The third-order valence-electron chi connectivity index (χ3n) is 5.44. The summed E-state index contributed by atoms with van der Waals surface area (Å²) in [7, 11) is 0. The Hall–Kier alpha value is -3.73. The van der Waals surface area contributed by atoms with Gasteiger partial charge >= 0.3 is 0 Å². The number of aliphatic hydroxyl groups excluding tert-OH is 1. The summed E-state index contributed by atoms with van der Waals surface area (Å²) in [5.41, 5.74) is 4.35. The van der Waals surface area contributed by atoms with Crippen molar-refractivity contribution in [1.82, 2.24) is 4.98 Å². The second kappa shape index (κ2) is 7.59. The number of hydrogen-bond acceptors (Lipinski definition) is 4. The lowest BCUT2D eigenvalue weighted by atomic mass is 9.95. The van der Waals surface area contributed by atoms with Crippen LogP contribution < -0.4 is 4.90 Å². The summed E-state index contributed by atoms with van der Waals surface area (Å²) in [6.07, 6.45) is 1.62. The number of benzene rings is 2. The molecular formula is C25H22N2O3. The summed E-state index contributed by atoms with van der Waals surface area (Å²) in [5.74, 6) is -1.57. The highest BCUT2D eigenvalue weighted by Crippen LogP contribution is 2.42. The fourth-order valence-electron chi connectivity index (χ4n) is 3.87. The Morgan fingerprint density at radius 3 is 2.37 bits per heavy atom. The lowest BCUT2D eigenvalue weighted by Crippen LogP contribution is -2.30. The monoisotopic (exact) mass is 398 g/mol. The maximum absolute atomic E-state index is 13.2. The molecule has 1 aromatic heterocycles. The first-order chi connectivity index (χ1) is 14.4. The van der Waals surface area contributed by atoms with Gasteiger partial charge in [-0.1, -0.05) is 42.0 Å². The molecule has 1 fully saturated rings. The number of rotatable bonds is 3. The van der Waals surface area contributed by atoms with E-state index in [-0.39, 0.29) is 11.3 Å². The average molecular weight is 398 g/mol. The molecule has 1 aliphatic heterocycles. The molecule has 1 N–H and O–H groups in total. The van der Waals surface area contributed by atoms with Gasteiger partial charge in [0.15, 0.2) is 0 Å². The van der Waals surface area contributed by atoms with E-state index >= 15 is 0 Å². The number of pyridine rings is 1. The molecule has 5 heteroatoms. The van der Waals surface area contributed by atoms with E-state index in [0.29, 0.717) is 16.9 Å². The van der Waals surface area contributed by atoms with Crippen LogP contribution in [0, 0.1) is 20.8 Å². The van der Waals surface area contributed by atoms with Crippen molar-refractivity contribution in [2.75, 3.05) is 4.90 Å². The number of Topliss-reactive ketones (excluding diaryl/α,β-unsaturated/α-hetero) is 1. The molecule has 30 heavy (non-hydrogen) atoms. The van der Waals surface area contributed by atoms with E-state index in [1.165, 1.54) is 4.90 Å². The molecule has 0 radical (unpaired) electrons.